The Labute approximate surface area is 176 Å². The van der Waals surface area contributed by atoms with Gasteiger partial charge in [0.25, 0.3) is 21.8 Å². The van der Waals surface area contributed by atoms with Crippen molar-refractivity contribution in [2.24, 2.45) is 0 Å². The first-order valence-corrected chi connectivity index (χ1v) is 10.7. The summed E-state index contributed by atoms with van der Waals surface area (Å²) in [6, 6.07) is 13.1. The highest BCUT2D eigenvalue weighted by molar-refractivity contribution is 9.10. The van der Waals surface area contributed by atoms with Crippen LogP contribution in [0, 0.1) is 0 Å². The summed E-state index contributed by atoms with van der Waals surface area (Å²) in [7, 11) is -2.55. The predicted molar refractivity (Wildman–Crippen MR) is 106 cm³/mol. The third kappa shape index (κ3) is 4.33. The highest BCUT2D eigenvalue weighted by atomic mass is 79.9. The Bertz CT molecular complexity index is 1090. The number of fused-ring (bicyclic) bond motifs is 1. The third-order valence-electron chi connectivity index (χ3n) is 4.33. The van der Waals surface area contributed by atoms with Crippen molar-refractivity contribution in [1.29, 1.82) is 0 Å². The molecule has 0 bridgehead atoms. The number of hydrogen-bond acceptors (Lipinski definition) is 6. The van der Waals surface area contributed by atoms with Crippen LogP contribution in [0.1, 0.15) is 15.9 Å². The molecule has 0 atom stereocenters. The molecule has 0 N–H and O–H groups in total. The van der Waals surface area contributed by atoms with E-state index in [1.807, 2.05) is 24.3 Å². The molecule has 3 rings (SSSR count). The van der Waals surface area contributed by atoms with Gasteiger partial charge in [-0.25, -0.2) is 12.7 Å². The molecule has 0 fully saturated rings. The Morgan fingerprint density at radius 1 is 1.10 bits per heavy atom. The molecule has 2 aromatic carbocycles. The Balaban J connectivity index is 1.57. The number of amides is 2. The fourth-order valence-corrected chi connectivity index (χ4v) is 4.70. The van der Waals surface area contributed by atoms with Crippen LogP contribution < -0.4 is 0 Å². The summed E-state index contributed by atoms with van der Waals surface area (Å²) in [5, 5.41) is 0. The number of benzene rings is 2. The minimum atomic E-state index is -4.11. The van der Waals surface area contributed by atoms with Crippen molar-refractivity contribution in [3.8, 4) is 0 Å². The number of carbonyl (C=O) groups is 3. The standard InChI is InChI=1S/C19H17BrN2O6S/c1-21(10-13-6-2-4-8-15(13)20)17(23)12-28-18(24)11-22-19(25)14-7-3-5-9-16(14)29(22,26)27/h2-9H,10-12H2,1H3. The predicted octanol–water partition coefficient (Wildman–Crippen LogP) is 1.80. The van der Waals surface area contributed by atoms with E-state index in [4.69, 9.17) is 4.74 Å². The summed E-state index contributed by atoms with van der Waals surface area (Å²) >= 11 is 3.40. The van der Waals surface area contributed by atoms with Crippen LogP contribution in [0.5, 0.6) is 0 Å². The Hall–Kier alpha value is -2.72. The van der Waals surface area contributed by atoms with Gasteiger partial charge in [-0.15, -0.1) is 0 Å². The zero-order valence-electron chi connectivity index (χ0n) is 15.4. The second-order valence-electron chi connectivity index (χ2n) is 6.31. The van der Waals surface area contributed by atoms with Gasteiger partial charge in [0.05, 0.1) is 5.56 Å². The monoisotopic (exact) mass is 480 g/mol. The molecule has 0 spiro atoms. The van der Waals surface area contributed by atoms with E-state index in [0.29, 0.717) is 10.8 Å². The van der Waals surface area contributed by atoms with Crippen molar-refractivity contribution < 1.29 is 27.5 Å². The molecule has 10 heteroatoms. The number of sulfonamides is 1. The van der Waals surface area contributed by atoms with E-state index in [-0.39, 0.29) is 10.5 Å². The van der Waals surface area contributed by atoms with Crippen molar-refractivity contribution in [2.75, 3.05) is 20.2 Å². The van der Waals surface area contributed by atoms with Gasteiger partial charge >= 0.3 is 5.97 Å². The third-order valence-corrected chi connectivity index (χ3v) is 6.89. The molecule has 1 aliphatic heterocycles. The molecule has 29 heavy (non-hydrogen) atoms. The number of rotatable bonds is 6. The van der Waals surface area contributed by atoms with Crippen LogP contribution in [-0.4, -0.2) is 55.6 Å². The number of esters is 1. The first-order valence-electron chi connectivity index (χ1n) is 8.51. The van der Waals surface area contributed by atoms with Gasteiger partial charge in [0.15, 0.2) is 6.61 Å². The largest absolute Gasteiger partial charge is 0.454 e. The summed E-state index contributed by atoms with van der Waals surface area (Å²) in [6.07, 6.45) is 0. The first-order chi connectivity index (χ1) is 13.7. The maximum atomic E-state index is 12.4. The van der Waals surface area contributed by atoms with E-state index < -0.39 is 41.0 Å². The zero-order chi connectivity index (χ0) is 21.2. The number of nitrogens with zero attached hydrogens (tertiary/aromatic N) is 2. The van der Waals surface area contributed by atoms with Crippen LogP contribution >= 0.6 is 15.9 Å². The van der Waals surface area contributed by atoms with Gasteiger partial charge in [0, 0.05) is 18.1 Å². The molecule has 0 aliphatic carbocycles. The van der Waals surface area contributed by atoms with Crippen molar-refractivity contribution in [3.63, 3.8) is 0 Å². The highest BCUT2D eigenvalue weighted by Crippen LogP contribution is 2.29. The lowest BCUT2D eigenvalue weighted by atomic mass is 10.2. The lowest BCUT2D eigenvalue weighted by Gasteiger charge is -2.19. The van der Waals surface area contributed by atoms with E-state index in [2.05, 4.69) is 15.9 Å². The molecule has 1 heterocycles. The maximum absolute atomic E-state index is 12.4. The molecule has 0 aromatic heterocycles. The smallest absolute Gasteiger partial charge is 0.327 e. The van der Waals surface area contributed by atoms with Gasteiger partial charge in [0.2, 0.25) is 0 Å². The second-order valence-corrected chi connectivity index (χ2v) is 9.00. The van der Waals surface area contributed by atoms with Crippen LogP contribution in [-0.2, 0) is 30.9 Å². The molecule has 2 aromatic rings. The Morgan fingerprint density at radius 2 is 1.76 bits per heavy atom. The van der Waals surface area contributed by atoms with Crippen LogP contribution in [0.2, 0.25) is 0 Å². The molecule has 152 valence electrons. The average molecular weight is 481 g/mol. The van der Waals surface area contributed by atoms with Gasteiger partial charge in [0.1, 0.15) is 11.4 Å². The van der Waals surface area contributed by atoms with Crippen LogP contribution in [0.3, 0.4) is 0 Å². The Morgan fingerprint density at radius 3 is 2.45 bits per heavy atom. The molecule has 2 amide bonds. The van der Waals surface area contributed by atoms with Crippen molar-refractivity contribution in [1.82, 2.24) is 9.21 Å². The van der Waals surface area contributed by atoms with Crippen molar-refractivity contribution >= 4 is 43.7 Å². The maximum Gasteiger partial charge on any atom is 0.327 e. The summed E-state index contributed by atoms with van der Waals surface area (Å²) in [4.78, 5) is 37.8. The average Bonchev–Trinajstić information content (AvgIpc) is 2.89. The molecule has 0 radical (unpaired) electrons. The Kier molecular flexibility index (Phi) is 6.04. The first kappa shape index (κ1) is 21.0. The normalized spacial score (nSPS) is 14.4. The van der Waals surface area contributed by atoms with Crippen LogP contribution in [0.25, 0.3) is 0 Å². The molecule has 0 unspecified atom stereocenters. The molecule has 8 nitrogen and oxygen atoms in total. The number of hydrogen-bond donors (Lipinski definition) is 0. The van der Waals surface area contributed by atoms with Crippen molar-refractivity contribution in [2.45, 2.75) is 11.4 Å². The minimum Gasteiger partial charge on any atom is -0.454 e. The fraction of sp³-hybridized carbons (Fsp3) is 0.211. The summed E-state index contributed by atoms with van der Waals surface area (Å²) in [6.45, 7) is -1.06. The van der Waals surface area contributed by atoms with Gasteiger partial charge in [-0.3, -0.25) is 14.4 Å². The molecular formula is C19H17BrN2O6S. The number of ether oxygens (including phenoxy) is 1. The second kappa shape index (κ2) is 8.34. The van der Waals surface area contributed by atoms with Crippen LogP contribution in [0.4, 0.5) is 0 Å². The quantitative estimate of drug-likeness (QED) is 0.584. The van der Waals surface area contributed by atoms with E-state index >= 15 is 0 Å². The van der Waals surface area contributed by atoms with Gasteiger partial charge < -0.3 is 9.64 Å². The van der Waals surface area contributed by atoms with Gasteiger partial charge in [-0.2, -0.15) is 0 Å². The van der Waals surface area contributed by atoms with Crippen LogP contribution in [0.15, 0.2) is 57.9 Å². The zero-order valence-corrected chi connectivity index (χ0v) is 17.8. The summed E-state index contributed by atoms with van der Waals surface area (Å²) < 4.78 is 31.0. The van der Waals surface area contributed by atoms with E-state index in [0.717, 1.165) is 10.0 Å². The minimum absolute atomic E-state index is 0.00421. The highest BCUT2D eigenvalue weighted by Gasteiger charge is 2.42. The lowest BCUT2D eigenvalue weighted by molar-refractivity contribution is -0.151. The number of likely N-dealkylation sites (N-methyl/N-ethyl adjacent to an activating group) is 1. The molecule has 1 aliphatic rings. The van der Waals surface area contributed by atoms with Crippen molar-refractivity contribution in [3.05, 3.63) is 64.1 Å². The topological polar surface area (TPSA) is 101 Å². The van der Waals surface area contributed by atoms with Gasteiger partial charge in [-0.1, -0.05) is 46.3 Å². The SMILES string of the molecule is CN(Cc1ccccc1Br)C(=O)COC(=O)CN1C(=O)c2ccccc2S1(=O)=O. The summed E-state index contributed by atoms with van der Waals surface area (Å²) in [5.41, 5.74) is 0.880. The van der Waals surface area contributed by atoms with Gasteiger partial charge in [-0.05, 0) is 23.8 Å². The number of carbonyl (C=O) groups excluding carboxylic acids is 3. The lowest BCUT2D eigenvalue weighted by Crippen LogP contribution is -2.37. The van der Waals surface area contributed by atoms with E-state index in [9.17, 15) is 22.8 Å². The molecular weight excluding hydrogens is 464 g/mol. The summed E-state index contributed by atoms with van der Waals surface area (Å²) in [5.74, 6) is -2.25. The number of halogens is 1. The van der Waals surface area contributed by atoms with E-state index in [1.165, 1.54) is 29.2 Å². The fourth-order valence-electron chi connectivity index (χ4n) is 2.77. The molecule has 0 saturated heterocycles. The molecule has 0 saturated carbocycles. The van der Waals surface area contributed by atoms with E-state index in [1.54, 1.807) is 7.05 Å².